The molecular formula is C15H26. The van der Waals surface area contributed by atoms with Crippen molar-refractivity contribution in [1.29, 1.82) is 0 Å². The van der Waals surface area contributed by atoms with Gasteiger partial charge in [0.05, 0.1) is 0 Å². The topological polar surface area (TPSA) is 0 Å². The number of hydrogen-bond acceptors (Lipinski definition) is 0. The van der Waals surface area contributed by atoms with Crippen LogP contribution in [0.2, 0.25) is 0 Å². The van der Waals surface area contributed by atoms with Crippen molar-refractivity contribution < 1.29 is 0 Å². The molecule has 1 saturated carbocycles. The molecule has 86 valence electrons. The van der Waals surface area contributed by atoms with Crippen molar-refractivity contribution in [1.82, 2.24) is 0 Å². The Morgan fingerprint density at radius 2 is 1.60 bits per heavy atom. The monoisotopic (exact) mass is 206 g/mol. The van der Waals surface area contributed by atoms with Crippen molar-refractivity contribution in [3.05, 3.63) is 23.3 Å². The summed E-state index contributed by atoms with van der Waals surface area (Å²) in [6.45, 7) is 11.6. The Morgan fingerprint density at radius 1 is 1.07 bits per heavy atom. The van der Waals surface area contributed by atoms with Gasteiger partial charge in [0.15, 0.2) is 0 Å². The summed E-state index contributed by atoms with van der Waals surface area (Å²) >= 11 is 0. The molecule has 0 N–H and O–H groups in total. The van der Waals surface area contributed by atoms with Crippen LogP contribution < -0.4 is 0 Å². The van der Waals surface area contributed by atoms with Gasteiger partial charge >= 0.3 is 0 Å². The van der Waals surface area contributed by atoms with Gasteiger partial charge in [-0.1, -0.05) is 39.8 Å². The molecule has 1 aliphatic carbocycles. The quantitative estimate of drug-likeness (QED) is 0.531. The molecular weight excluding hydrogens is 180 g/mol. The van der Waals surface area contributed by atoms with Gasteiger partial charge in [-0.05, 0) is 55.1 Å². The molecule has 15 heavy (non-hydrogen) atoms. The number of hydrogen-bond donors (Lipinski definition) is 0. The first kappa shape index (κ1) is 12.5. The molecule has 0 spiro atoms. The predicted molar refractivity (Wildman–Crippen MR) is 68.9 cm³/mol. The molecule has 1 rings (SSSR count). The minimum Gasteiger partial charge on any atom is -0.0842 e. The zero-order valence-corrected chi connectivity index (χ0v) is 11.0. The van der Waals surface area contributed by atoms with Crippen LogP contribution in [0.1, 0.15) is 53.9 Å². The van der Waals surface area contributed by atoms with Crippen molar-refractivity contribution >= 4 is 0 Å². The summed E-state index contributed by atoms with van der Waals surface area (Å²) in [5.41, 5.74) is 3.21. The van der Waals surface area contributed by atoms with Crippen LogP contribution in [0.15, 0.2) is 23.3 Å². The molecule has 1 fully saturated rings. The lowest BCUT2D eigenvalue weighted by atomic mass is 9.84. The third-order valence-corrected chi connectivity index (χ3v) is 4.09. The highest BCUT2D eigenvalue weighted by Crippen LogP contribution is 2.38. The van der Waals surface area contributed by atoms with E-state index < -0.39 is 0 Å². The Balaban J connectivity index is 2.94. The van der Waals surface area contributed by atoms with Crippen LogP contribution in [0.3, 0.4) is 0 Å². The first-order valence-corrected chi connectivity index (χ1v) is 6.44. The third-order valence-electron chi connectivity index (χ3n) is 4.09. The lowest BCUT2D eigenvalue weighted by Gasteiger charge is -2.21. The molecule has 0 heteroatoms. The van der Waals surface area contributed by atoms with Crippen LogP contribution in [0.25, 0.3) is 0 Å². The van der Waals surface area contributed by atoms with Crippen LogP contribution in [0.5, 0.6) is 0 Å². The van der Waals surface area contributed by atoms with E-state index in [1.807, 2.05) is 0 Å². The average molecular weight is 206 g/mol. The molecule has 0 heterocycles. The van der Waals surface area contributed by atoms with E-state index in [9.17, 15) is 0 Å². The van der Waals surface area contributed by atoms with E-state index >= 15 is 0 Å². The maximum absolute atomic E-state index is 2.43. The Morgan fingerprint density at radius 3 is 2.07 bits per heavy atom. The van der Waals surface area contributed by atoms with Gasteiger partial charge in [-0.2, -0.15) is 0 Å². The zero-order chi connectivity index (χ0) is 11.4. The van der Waals surface area contributed by atoms with Gasteiger partial charge in [-0.3, -0.25) is 0 Å². The molecule has 0 saturated heterocycles. The Bertz CT molecular complexity index is 257. The predicted octanol–water partition coefficient (Wildman–Crippen LogP) is 4.97. The molecule has 3 atom stereocenters. The SMILES string of the molecule is C/C=C1/CC(C)C(C)C(C)C/C1=C/CC. The summed E-state index contributed by atoms with van der Waals surface area (Å²) in [6.07, 6.45) is 8.47. The fourth-order valence-corrected chi connectivity index (χ4v) is 2.65. The lowest BCUT2D eigenvalue weighted by Crippen LogP contribution is -2.13. The molecule has 0 aliphatic heterocycles. The van der Waals surface area contributed by atoms with E-state index in [1.54, 1.807) is 11.1 Å². The highest BCUT2D eigenvalue weighted by molar-refractivity contribution is 5.32. The fraction of sp³-hybridized carbons (Fsp3) is 0.733. The van der Waals surface area contributed by atoms with Crippen molar-refractivity contribution in [2.75, 3.05) is 0 Å². The standard InChI is InChI=1S/C15H26/c1-6-8-15-10-12(4)13(5)11(3)9-14(15)7-2/h7-8,11-13H,6,9-10H2,1-5H3/b14-7-,15-8-. The highest BCUT2D eigenvalue weighted by Gasteiger charge is 2.25. The maximum atomic E-state index is 2.43. The van der Waals surface area contributed by atoms with E-state index in [1.165, 1.54) is 19.3 Å². The van der Waals surface area contributed by atoms with Gasteiger partial charge in [-0.15, -0.1) is 0 Å². The van der Waals surface area contributed by atoms with Crippen LogP contribution in [-0.4, -0.2) is 0 Å². The van der Waals surface area contributed by atoms with E-state index in [2.05, 4.69) is 46.8 Å². The molecule has 3 unspecified atom stereocenters. The second-order valence-corrected chi connectivity index (χ2v) is 5.17. The second-order valence-electron chi connectivity index (χ2n) is 5.17. The van der Waals surface area contributed by atoms with Crippen LogP contribution in [-0.2, 0) is 0 Å². The van der Waals surface area contributed by atoms with Gasteiger partial charge in [0.1, 0.15) is 0 Å². The third kappa shape index (κ3) is 2.96. The van der Waals surface area contributed by atoms with Gasteiger partial charge in [0.2, 0.25) is 0 Å². The van der Waals surface area contributed by atoms with Crippen molar-refractivity contribution in [3.8, 4) is 0 Å². The number of allylic oxidation sites excluding steroid dienone is 4. The van der Waals surface area contributed by atoms with E-state index in [0.29, 0.717) is 0 Å². The first-order valence-electron chi connectivity index (χ1n) is 6.44. The van der Waals surface area contributed by atoms with Crippen LogP contribution in [0.4, 0.5) is 0 Å². The van der Waals surface area contributed by atoms with E-state index in [4.69, 9.17) is 0 Å². The Hall–Kier alpha value is -0.520. The van der Waals surface area contributed by atoms with E-state index in [0.717, 1.165) is 17.8 Å². The molecule has 0 aromatic heterocycles. The molecule has 0 amide bonds. The normalized spacial score (nSPS) is 38.3. The summed E-state index contributed by atoms with van der Waals surface area (Å²) in [4.78, 5) is 0. The van der Waals surface area contributed by atoms with E-state index in [-0.39, 0.29) is 0 Å². The summed E-state index contributed by atoms with van der Waals surface area (Å²) in [5, 5.41) is 0. The summed E-state index contributed by atoms with van der Waals surface area (Å²) in [6, 6.07) is 0. The Labute approximate surface area is 95.5 Å². The second kappa shape index (κ2) is 5.53. The Kier molecular flexibility index (Phi) is 4.63. The first-order chi connectivity index (χ1) is 7.10. The molecule has 0 bridgehead atoms. The molecule has 0 nitrogen and oxygen atoms in total. The largest absolute Gasteiger partial charge is 0.0842 e. The maximum Gasteiger partial charge on any atom is -0.0251 e. The number of rotatable bonds is 1. The molecule has 0 aromatic rings. The van der Waals surface area contributed by atoms with Gasteiger partial charge in [0, 0.05) is 0 Å². The van der Waals surface area contributed by atoms with Crippen molar-refractivity contribution in [3.63, 3.8) is 0 Å². The van der Waals surface area contributed by atoms with Crippen LogP contribution in [0, 0.1) is 17.8 Å². The fourth-order valence-electron chi connectivity index (χ4n) is 2.65. The van der Waals surface area contributed by atoms with Gasteiger partial charge < -0.3 is 0 Å². The smallest absolute Gasteiger partial charge is 0.0251 e. The summed E-state index contributed by atoms with van der Waals surface area (Å²) in [5.74, 6) is 2.51. The average Bonchev–Trinajstić information content (AvgIpc) is 2.31. The summed E-state index contributed by atoms with van der Waals surface area (Å²) < 4.78 is 0. The van der Waals surface area contributed by atoms with Gasteiger partial charge in [-0.25, -0.2) is 0 Å². The van der Waals surface area contributed by atoms with Crippen molar-refractivity contribution in [2.45, 2.75) is 53.9 Å². The minimum absolute atomic E-state index is 0.828. The molecule has 0 aromatic carbocycles. The lowest BCUT2D eigenvalue weighted by molar-refractivity contribution is 0.291. The van der Waals surface area contributed by atoms with Crippen molar-refractivity contribution in [2.24, 2.45) is 17.8 Å². The minimum atomic E-state index is 0.828. The van der Waals surface area contributed by atoms with Crippen LogP contribution >= 0.6 is 0 Å². The highest BCUT2D eigenvalue weighted by atomic mass is 14.3. The molecule has 1 aliphatic rings. The summed E-state index contributed by atoms with van der Waals surface area (Å²) in [7, 11) is 0. The molecule has 0 radical (unpaired) electrons. The zero-order valence-electron chi connectivity index (χ0n) is 11.0. The van der Waals surface area contributed by atoms with Gasteiger partial charge in [0.25, 0.3) is 0 Å².